The fourth-order valence-electron chi connectivity index (χ4n) is 3.10. The fraction of sp³-hybridized carbons (Fsp3) is 0.765. The molecule has 0 radical (unpaired) electrons. The fourth-order valence-corrected chi connectivity index (χ4v) is 3.83. The van der Waals surface area contributed by atoms with E-state index in [-0.39, 0.29) is 24.0 Å². The number of hydrogen-bond acceptors (Lipinski definition) is 4. The van der Waals surface area contributed by atoms with Crippen LogP contribution in [0.1, 0.15) is 48.4 Å². The molecular weight excluding hydrogens is 433 g/mol. The molecule has 0 atom stereocenters. The van der Waals surface area contributed by atoms with Gasteiger partial charge in [0.25, 0.3) is 0 Å². The van der Waals surface area contributed by atoms with Gasteiger partial charge < -0.3 is 15.5 Å². The standard InChI is InChI=1S/C17H31N5S.HI/c1-14-12-20-16(23-14)13-21-17(18-2)19-10-7-11-22(3)15-8-5-4-6-9-15;/h12,15H,4-11,13H2,1-3H3,(H2,18,19,21);1H. The molecule has 2 rings (SSSR count). The van der Waals surface area contributed by atoms with Crippen molar-refractivity contribution in [2.75, 3.05) is 27.2 Å². The smallest absolute Gasteiger partial charge is 0.191 e. The third-order valence-electron chi connectivity index (χ3n) is 4.48. The molecular formula is C17H32IN5S. The summed E-state index contributed by atoms with van der Waals surface area (Å²) in [5.41, 5.74) is 0. The van der Waals surface area contributed by atoms with Gasteiger partial charge in [-0.05, 0) is 39.8 Å². The van der Waals surface area contributed by atoms with Gasteiger partial charge in [-0.2, -0.15) is 0 Å². The van der Waals surface area contributed by atoms with Crippen LogP contribution in [0.2, 0.25) is 0 Å². The van der Waals surface area contributed by atoms with Gasteiger partial charge in [0.1, 0.15) is 5.01 Å². The van der Waals surface area contributed by atoms with E-state index in [9.17, 15) is 0 Å². The average Bonchev–Trinajstić information content (AvgIpc) is 3.00. The minimum absolute atomic E-state index is 0. The lowest BCUT2D eigenvalue weighted by Gasteiger charge is -2.31. The highest BCUT2D eigenvalue weighted by Crippen LogP contribution is 2.21. The number of aromatic nitrogens is 1. The molecule has 0 spiro atoms. The second kappa shape index (κ2) is 12.0. The Morgan fingerprint density at radius 2 is 2.08 bits per heavy atom. The van der Waals surface area contributed by atoms with Gasteiger partial charge in [-0.15, -0.1) is 35.3 Å². The Hall–Kier alpha value is -0.410. The maximum absolute atomic E-state index is 4.36. The van der Waals surface area contributed by atoms with Crippen LogP contribution in [0, 0.1) is 6.92 Å². The van der Waals surface area contributed by atoms with E-state index in [4.69, 9.17) is 0 Å². The molecule has 138 valence electrons. The number of aryl methyl sites for hydroxylation is 1. The Morgan fingerprint density at radius 3 is 2.71 bits per heavy atom. The minimum atomic E-state index is 0. The maximum Gasteiger partial charge on any atom is 0.191 e. The molecule has 1 aromatic rings. The van der Waals surface area contributed by atoms with Gasteiger partial charge in [0.2, 0.25) is 0 Å². The Morgan fingerprint density at radius 1 is 1.33 bits per heavy atom. The van der Waals surface area contributed by atoms with Crippen LogP contribution >= 0.6 is 35.3 Å². The predicted octanol–water partition coefficient (Wildman–Crippen LogP) is 3.39. The van der Waals surface area contributed by atoms with Gasteiger partial charge in [-0.25, -0.2) is 4.98 Å². The highest BCUT2D eigenvalue weighted by molar-refractivity contribution is 14.0. The number of halogens is 1. The van der Waals surface area contributed by atoms with Gasteiger partial charge >= 0.3 is 0 Å². The second-order valence-electron chi connectivity index (χ2n) is 6.34. The zero-order valence-electron chi connectivity index (χ0n) is 15.2. The summed E-state index contributed by atoms with van der Waals surface area (Å²) in [5.74, 6) is 0.859. The van der Waals surface area contributed by atoms with Crippen molar-refractivity contribution in [3.05, 3.63) is 16.1 Å². The van der Waals surface area contributed by atoms with Crippen LogP contribution in [-0.4, -0.2) is 49.1 Å². The largest absolute Gasteiger partial charge is 0.356 e. The van der Waals surface area contributed by atoms with E-state index in [1.165, 1.54) is 37.0 Å². The summed E-state index contributed by atoms with van der Waals surface area (Å²) in [6.45, 7) is 4.92. The number of aliphatic imine (C=N–C) groups is 1. The van der Waals surface area contributed by atoms with Crippen LogP contribution in [0.15, 0.2) is 11.2 Å². The molecule has 1 fully saturated rings. The summed E-state index contributed by atoms with van der Waals surface area (Å²) in [6, 6.07) is 0.800. The predicted molar refractivity (Wildman–Crippen MR) is 115 cm³/mol. The molecule has 0 unspecified atom stereocenters. The molecule has 0 amide bonds. The molecule has 0 aliphatic heterocycles. The molecule has 1 saturated carbocycles. The maximum atomic E-state index is 4.36. The molecule has 0 saturated heterocycles. The van der Waals surface area contributed by atoms with Crippen LogP contribution in [0.3, 0.4) is 0 Å². The molecule has 0 bridgehead atoms. The number of nitrogens with one attached hydrogen (secondary N) is 2. The third-order valence-corrected chi connectivity index (χ3v) is 5.39. The van der Waals surface area contributed by atoms with Crippen LogP contribution in [0.5, 0.6) is 0 Å². The van der Waals surface area contributed by atoms with Crippen LogP contribution in [0.4, 0.5) is 0 Å². The number of guanidine groups is 1. The first kappa shape index (κ1) is 21.6. The summed E-state index contributed by atoms with van der Waals surface area (Å²) in [5, 5.41) is 7.82. The summed E-state index contributed by atoms with van der Waals surface area (Å²) >= 11 is 1.73. The van der Waals surface area contributed by atoms with Crippen molar-refractivity contribution in [1.82, 2.24) is 20.5 Å². The van der Waals surface area contributed by atoms with Crippen molar-refractivity contribution >= 4 is 41.3 Å². The Balaban J connectivity index is 0.00000288. The Kier molecular flexibility index (Phi) is 10.8. The summed E-state index contributed by atoms with van der Waals surface area (Å²) in [6.07, 6.45) is 10.0. The van der Waals surface area contributed by atoms with Crippen molar-refractivity contribution in [3.63, 3.8) is 0 Å². The zero-order valence-corrected chi connectivity index (χ0v) is 18.3. The van der Waals surface area contributed by atoms with Gasteiger partial charge in [0.15, 0.2) is 5.96 Å². The third kappa shape index (κ3) is 7.65. The lowest BCUT2D eigenvalue weighted by atomic mass is 9.94. The van der Waals surface area contributed by atoms with Crippen LogP contribution in [-0.2, 0) is 6.54 Å². The van der Waals surface area contributed by atoms with Crippen molar-refractivity contribution in [2.45, 2.75) is 58.0 Å². The molecule has 1 heterocycles. The first-order valence-electron chi connectivity index (χ1n) is 8.75. The highest BCUT2D eigenvalue weighted by Gasteiger charge is 2.17. The number of nitrogens with zero attached hydrogens (tertiary/aromatic N) is 3. The number of rotatable bonds is 7. The molecule has 24 heavy (non-hydrogen) atoms. The van der Waals surface area contributed by atoms with E-state index >= 15 is 0 Å². The lowest BCUT2D eigenvalue weighted by Crippen LogP contribution is -2.39. The number of hydrogen-bond donors (Lipinski definition) is 2. The topological polar surface area (TPSA) is 52.6 Å². The van der Waals surface area contributed by atoms with Crippen molar-refractivity contribution in [1.29, 1.82) is 0 Å². The average molecular weight is 465 g/mol. The Bertz CT molecular complexity index is 485. The van der Waals surface area contributed by atoms with Gasteiger partial charge in [-0.3, -0.25) is 4.99 Å². The first-order valence-corrected chi connectivity index (χ1v) is 9.56. The van der Waals surface area contributed by atoms with E-state index in [2.05, 4.69) is 39.5 Å². The molecule has 7 heteroatoms. The number of thiazole rings is 1. The quantitative estimate of drug-likeness (QED) is 0.281. The van der Waals surface area contributed by atoms with Crippen molar-refractivity contribution in [2.24, 2.45) is 4.99 Å². The Labute approximate surface area is 167 Å². The van der Waals surface area contributed by atoms with Gasteiger partial charge in [0, 0.05) is 30.7 Å². The SMILES string of the molecule is CN=C(NCCCN(C)C1CCCCC1)NCc1ncc(C)s1.I. The van der Waals surface area contributed by atoms with E-state index in [0.717, 1.165) is 43.1 Å². The normalized spacial score (nSPS) is 16.1. The highest BCUT2D eigenvalue weighted by atomic mass is 127. The van der Waals surface area contributed by atoms with E-state index in [0.29, 0.717) is 0 Å². The summed E-state index contributed by atoms with van der Waals surface area (Å²) in [4.78, 5) is 12.4. The molecule has 1 aromatic heterocycles. The second-order valence-corrected chi connectivity index (χ2v) is 7.66. The first-order chi connectivity index (χ1) is 11.2. The molecule has 1 aliphatic rings. The van der Waals surface area contributed by atoms with E-state index in [1.807, 2.05) is 13.2 Å². The molecule has 0 aromatic carbocycles. The lowest BCUT2D eigenvalue weighted by molar-refractivity contribution is 0.190. The monoisotopic (exact) mass is 465 g/mol. The summed E-state index contributed by atoms with van der Waals surface area (Å²) in [7, 11) is 4.09. The molecule has 2 N–H and O–H groups in total. The van der Waals surface area contributed by atoms with Crippen LogP contribution < -0.4 is 10.6 Å². The van der Waals surface area contributed by atoms with Crippen molar-refractivity contribution < 1.29 is 0 Å². The minimum Gasteiger partial charge on any atom is -0.356 e. The molecule has 1 aliphatic carbocycles. The van der Waals surface area contributed by atoms with Gasteiger partial charge in [-0.1, -0.05) is 19.3 Å². The van der Waals surface area contributed by atoms with E-state index in [1.54, 1.807) is 11.3 Å². The molecule has 5 nitrogen and oxygen atoms in total. The summed E-state index contributed by atoms with van der Waals surface area (Å²) < 4.78 is 0. The van der Waals surface area contributed by atoms with Crippen molar-refractivity contribution in [3.8, 4) is 0 Å². The zero-order chi connectivity index (χ0) is 16.5. The van der Waals surface area contributed by atoms with Gasteiger partial charge in [0.05, 0.1) is 6.54 Å². The van der Waals surface area contributed by atoms with Crippen LogP contribution in [0.25, 0.3) is 0 Å². The van der Waals surface area contributed by atoms with E-state index < -0.39 is 0 Å².